The maximum absolute atomic E-state index is 13.6. The van der Waals surface area contributed by atoms with Crippen LogP contribution < -0.4 is 11.1 Å². The Balaban J connectivity index is 0.00000363. The third-order valence-electron chi connectivity index (χ3n) is 6.68. The molecule has 0 bridgehead atoms. The van der Waals surface area contributed by atoms with Crippen molar-refractivity contribution in [2.75, 3.05) is 17.6 Å². The van der Waals surface area contributed by atoms with Crippen LogP contribution in [0.4, 0.5) is 11.4 Å². The van der Waals surface area contributed by atoms with Crippen molar-refractivity contribution in [3.63, 3.8) is 0 Å². The van der Waals surface area contributed by atoms with Crippen LogP contribution in [0.1, 0.15) is 61.1 Å². The lowest BCUT2D eigenvalue weighted by molar-refractivity contribution is -0.147. The molecule has 0 saturated carbocycles. The molecule has 4 N–H and O–H groups in total. The molecule has 1 aliphatic rings. The second-order valence-corrected chi connectivity index (χ2v) is 9.18. The number of carbonyl (C=O) groups excluding carboxylic acids is 2. The fraction of sp³-hybridized carbons (Fsp3) is 0.440. The molecule has 1 atom stereocenters. The highest BCUT2D eigenvalue weighted by Gasteiger charge is 2.41. The molecule has 1 unspecified atom stereocenters. The molecule has 32 heavy (non-hydrogen) atoms. The first-order chi connectivity index (χ1) is 14.5. The predicted octanol–water partition coefficient (Wildman–Crippen LogP) is 4.82. The van der Waals surface area contributed by atoms with E-state index >= 15 is 0 Å². The number of aromatic hydroxyl groups is 1. The van der Waals surface area contributed by atoms with Gasteiger partial charge in [-0.25, -0.2) is 0 Å². The van der Waals surface area contributed by atoms with Gasteiger partial charge in [0.25, 0.3) is 5.91 Å². The Bertz CT molecular complexity index is 1050. The van der Waals surface area contributed by atoms with Crippen LogP contribution in [0.15, 0.2) is 24.3 Å². The fourth-order valence-corrected chi connectivity index (χ4v) is 4.07. The van der Waals surface area contributed by atoms with E-state index in [1.54, 1.807) is 24.0 Å². The number of carbonyl (C=O) groups is 2. The van der Waals surface area contributed by atoms with E-state index in [9.17, 15) is 14.7 Å². The lowest BCUT2D eigenvalue weighted by atomic mass is 9.84. The first-order valence-corrected chi connectivity index (χ1v) is 10.8. The van der Waals surface area contributed by atoms with Crippen molar-refractivity contribution in [3.05, 3.63) is 52.1 Å². The highest BCUT2D eigenvalue weighted by Crippen LogP contribution is 2.37. The number of amides is 2. The molecule has 0 fully saturated rings. The van der Waals surface area contributed by atoms with Crippen molar-refractivity contribution in [1.82, 2.24) is 4.90 Å². The molecule has 0 spiro atoms. The number of nitrogens with one attached hydrogen (secondary N) is 1. The van der Waals surface area contributed by atoms with Gasteiger partial charge in [0.1, 0.15) is 11.8 Å². The zero-order valence-electron chi connectivity index (χ0n) is 19.7. The second kappa shape index (κ2) is 9.41. The van der Waals surface area contributed by atoms with E-state index < -0.39 is 11.5 Å². The fourth-order valence-electron chi connectivity index (χ4n) is 4.07. The average Bonchev–Trinajstić information content (AvgIpc) is 2.74. The van der Waals surface area contributed by atoms with E-state index in [1.165, 1.54) is 0 Å². The predicted molar refractivity (Wildman–Crippen MR) is 131 cm³/mol. The van der Waals surface area contributed by atoms with E-state index in [0.717, 1.165) is 22.3 Å². The van der Waals surface area contributed by atoms with E-state index in [2.05, 4.69) is 5.32 Å². The van der Waals surface area contributed by atoms with Gasteiger partial charge in [-0.05, 0) is 79.6 Å². The Morgan fingerprint density at radius 2 is 1.84 bits per heavy atom. The summed E-state index contributed by atoms with van der Waals surface area (Å²) in [7, 11) is 0. The smallest absolute Gasteiger partial charge is 0.251 e. The Kier molecular flexibility index (Phi) is 7.51. The number of hydrogen-bond donors (Lipinski definition) is 3. The van der Waals surface area contributed by atoms with Crippen LogP contribution in [0.25, 0.3) is 0 Å². The van der Waals surface area contributed by atoms with Crippen molar-refractivity contribution in [2.45, 2.75) is 60.4 Å². The SMILES string of the molecule is CCC(C)(C)C(=O)N1CCc2ccc(N)cc2C1C(=O)Nc1cc(C)c(O)c(C)c1C.Cl. The van der Waals surface area contributed by atoms with Crippen LogP contribution in [-0.4, -0.2) is 28.4 Å². The number of benzene rings is 2. The van der Waals surface area contributed by atoms with Crippen molar-refractivity contribution in [2.24, 2.45) is 5.41 Å². The molecular formula is C25H34ClN3O3. The maximum atomic E-state index is 13.6. The van der Waals surface area contributed by atoms with Crippen LogP contribution in [-0.2, 0) is 16.0 Å². The number of nitrogen functional groups attached to an aromatic ring is 1. The Labute approximate surface area is 196 Å². The third-order valence-corrected chi connectivity index (χ3v) is 6.68. The molecule has 7 heteroatoms. The van der Waals surface area contributed by atoms with Gasteiger partial charge in [0.05, 0.1) is 0 Å². The lowest BCUT2D eigenvalue weighted by Crippen LogP contribution is -2.49. The largest absolute Gasteiger partial charge is 0.507 e. The number of anilines is 2. The Hall–Kier alpha value is -2.73. The van der Waals surface area contributed by atoms with Gasteiger partial charge in [-0.2, -0.15) is 0 Å². The summed E-state index contributed by atoms with van der Waals surface area (Å²) in [5.41, 5.74) is 10.7. The summed E-state index contributed by atoms with van der Waals surface area (Å²) >= 11 is 0. The normalized spacial score (nSPS) is 15.6. The molecule has 6 nitrogen and oxygen atoms in total. The number of hydrogen-bond acceptors (Lipinski definition) is 4. The zero-order valence-corrected chi connectivity index (χ0v) is 20.5. The van der Waals surface area contributed by atoms with Crippen molar-refractivity contribution in [3.8, 4) is 5.75 Å². The minimum Gasteiger partial charge on any atom is -0.507 e. The number of nitrogens with zero attached hydrogens (tertiary/aromatic N) is 1. The quantitative estimate of drug-likeness (QED) is 0.451. The van der Waals surface area contributed by atoms with Gasteiger partial charge < -0.3 is 21.1 Å². The van der Waals surface area contributed by atoms with Gasteiger partial charge in [-0.3, -0.25) is 9.59 Å². The second-order valence-electron chi connectivity index (χ2n) is 9.18. The van der Waals surface area contributed by atoms with Gasteiger partial charge in [-0.15, -0.1) is 12.4 Å². The summed E-state index contributed by atoms with van der Waals surface area (Å²) in [5, 5.41) is 13.2. The molecule has 2 amide bonds. The molecule has 0 aromatic heterocycles. The number of rotatable bonds is 4. The standard InChI is InChI=1S/C25H33N3O3.ClH/c1-7-25(5,6)24(31)28-11-10-17-8-9-18(26)13-19(17)21(28)23(30)27-20-12-14(2)22(29)16(4)15(20)3;/h8-9,12-13,21,29H,7,10-11,26H2,1-6H3,(H,27,30);1H. The topological polar surface area (TPSA) is 95.7 Å². The molecule has 2 aromatic carbocycles. The number of phenols is 1. The van der Waals surface area contributed by atoms with Crippen molar-refractivity contribution < 1.29 is 14.7 Å². The Morgan fingerprint density at radius 3 is 2.47 bits per heavy atom. The van der Waals surface area contributed by atoms with E-state index in [0.29, 0.717) is 36.3 Å². The highest BCUT2D eigenvalue weighted by molar-refractivity contribution is 6.00. The number of fused-ring (bicyclic) bond motifs is 1. The van der Waals surface area contributed by atoms with Gasteiger partial charge in [-0.1, -0.05) is 26.8 Å². The summed E-state index contributed by atoms with van der Waals surface area (Å²) in [4.78, 5) is 28.7. The number of halogens is 1. The monoisotopic (exact) mass is 459 g/mol. The molecule has 0 radical (unpaired) electrons. The van der Waals surface area contributed by atoms with Crippen LogP contribution in [0.3, 0.4) is 0 Å². The van der Waals surface area contributed by atoms with Gasteiger partial charge in [0, 0.05) is 23.3 Å². The first kappa shape index (κ1) is 25.5. The van der Waals surface area contributed by atoms with Gasteiger partial charge in [0.2, 0.25) is 5.91 Å². The van der Waals surface area contributed by atoms with E-state index in [1.807, 2.05) is 46.8 Å². The van der Waals surface area contributed by atoms with Crippen LogP contribution in [0, 0.1) is 26.2 Å². The minimum absolute atomic E-state index is 0. The van der Waals surface area contributed by atoms with E-state index in [4.69, 9.17) is 5.73 Å². The average molecular weight is 460 g/mol. The van der Waals surface area contributed by atoms with E-state index in [-0.39, 0.29) is 30.0 Å². The minimum atomic E-state index is -0.764. The van der Waals surface area contributed by atoms with Gasteiger partial charge >= 0.3 is 0 Å². The number of aryl methyl sites for hydroxylation is 1. The first-order valence-electron chi connectivity index (χ1n) is 10.8. The van der Waals surface area contributed by atoms with Crippen LogP contribution in [0.5, 0.6) is 5.75 Å². The molecule has 2 aromatic rings. The molecule has 174 valence electrons. The zero-order chi connectivity index (χ0) is 23.1. The molecule has 1 aliphatic heterocycles. The summed E-state index contributed by atoms with van der Waals surface area (Å²) < 4.78 is 0. The van der Waals surface area contributed by atoms with Crippen molar-refractivity contribution >= 4 is 35.6 Å². The molecule has 0 aliphatic carbocycles. The Morgan fingerprint density at radius 1 is 1.19 bits per heavy atom. The summed E-state index contributed by atoms with van der Waals surface area (Å²) in [5.74, 6) is -0.0924. The molecule has 0 saturated heterocycles. The van der Waals surface area contributed by atoms with Crippen LogP contribution >= 0.6 is 12.4 Å². The highest BCUT2D eigenvalue weighted by atomic mass is 35.5. The van der Waals surface area contributed by atoms with Crippen LogP contribution in [0.2, 0.25) is 0 Å². The summed E-state index contributed by atoms with van der Waals surface area (Å²) in [6.45, 7) is 11.8. The number of phenolic OH excluding ortho intramolecular Hbond substituents is 1. The lowest BCUT2D eigenvalue weighted by Gasteiger charge is -2.40. The molecular weight excluding hydrogens is 426 g/mol. The third kappa shape index (κ3) is 4.56. The summed E-state index contributed by atoms with van der Waals surface area (Å²) in [6, 6.07) is 6.58. The molecule has 3 rings (SSSR count). The number of nitrogens with two attached hydrogens (primary N) is 1. The maximum Gasteiger partial charge on any atom is 0.251 e. The van der Waals surface area contributed by atoms with Crippen molar-refractivity contribution in [1.29, 1.82) is 0 Å². The van der Waals surface area contributed by atoms with Gasteiger partial charge in [0.15, 0.2) is 0 Å². The summed E-state index contributed by atoms with van der Waals surface area (Å²) in [6.07, 6.45) is 1.36. The molecule has 1 heterocycles.